The number of carbonyl (C=O) groups excluding carboxylic acids is 2. The lowest BCUT2D eigenvalue weighted by Crippen LogP contribution is -2.27. The first-order chi connectivity index (χ1) is 11.2. The van der Waals surface area contributed by atoms with E-state index in [0.717, 1.165) is 9.79 Å². The maximum absolute atomic E-state index is 12.3. The van der Waals surface area contributed by atoms with Crippen molar-refractivity contribution in [3.63, 3.8) is 0 Å². The van der Waals surface area contributed by atoms with Crippen molar-refractivity contribution < 1.29 is 19.1 Å². The normalized spacial score (nSPS) is 17.1. The van der Waals surface area contributed by atoms with Gasteiger partial charge in [0.2, 0.25) is 11.9 Å². The van der Waals surface area contributed by atoms with Crippen LogP contribution in [0.15, 0.2) is 70.5 Å². The van der Waals surface area contributed by atoms with Gasteiger partial charge in [-0.25, -0.2) is 9.59 Å². The zero-order valence-electron chi connectivity index (χ0n) is 12.5. The van der Waals surface area contributed by atoms with Crippen LogP contribution in [0.4, 0.5) is 0 Å². The number of ether oxygens (including phenoxy) is 2. The van der Waals surface area contributed by atoms with E-state index in [9.17, 15) is 9.59 Å². The van der Waals surface area contributed by atoms with E-state index in [1.807, 2.05) is 60.7 Å². The number of benzene rings is 2. The van der Waals surface area contributed by atoms with E-state index in [4.69, 9.17) is 9.47 Å². The Balaban J connectivity index is 1.76. The molecule has 2 aromatic rings. The predicted molar refractivity (Wildman–Crippen MR) is 87.1 cm³/mol. The summed E-state index contributed by atoms with van der Waals surface area (Å²) in [5, 5.41) is 0. The van der Waals surface area contributed by atoms with Crippen molar-refractivity contribution >= 4 is 22.8 Å². The summed E-state index contributed by atoms with van der Waals surface area (Å²) < 4.78 is 10.1. The molecule has 0 bridgehead atoms. The van der Waals surface area contributed by atoms with Gasteiger partial charge < -0.3 is 9.47 Å². The van der Waals surface area contributed by atoms with Crippen molar-refractivity contribution in [2.45, 2.75) is 22.3 Å². The number of carbonyl (C=O) groups is 2. The van der Waals surface area contributed by atoms with E-state index in [2.05, 4.69) is 0 Å². The van der Waals surface area contributed by atoms with Crippen molar-refractivity contribution in [3.05, 3.63) is 60.7 Å². The molecule has 2 aromatic carbocycles. The van der Waals surface area contributed by atoms with Crippen LogP contribution in [0.25, 0.3) is 0 Å². The largest absolute Gasteiger partial charge is 0.463 e. The van der Waals surface area contributed by atoms with Gasteiger partial charge in [0.05, 0.1) is 17.5 Å². The lowest BCUT2D eigenvalue weighted by Gasteiger charge is -2.10. The van der Waals surface area contributed by atoms with Crippen LogP contribution in [-0.2, 0) is 30.0 Å². The van der Waals surface area contributed by atoms with Gasteiger partial charge in [-0.05, 0) is 24.3 Å². The van der Waals surface area contributed by atoms with E-state index in [1.54, 1.807) is 0 Å². The Morgan fingerprint density at radius 1 is 1.04 bits per heavy atom. The van der Waals surface area contributed by atoms with E-state index in [-0.39, 0.29) is 11.7 Å². The van der Waals surface area contributed by atoms with Crippen LogP contribution < -0.4 is 0 Å². The van der Waals surface area contributed by atoms with Crippen molar-refractivity contribution in [2.75, 3.05) is 12.4 Å². The fourth-order valence-corrected chi connectivity index (χ4v) is 4.25. The second-order valence-electron chi connectivity index (χ2n) is 5.10. The van der Waals surface area contributed by atoms with Gasteiger partial charge in [0.25, 0.3) is 0 Å². The first-order valence-corrected chi connectivity index (χ1v) is 8.80. The smallest absolute Gasteiger partial charge is 0.358 e. The van der Waals surface area contributed by atoms with E-state index >= 15 is 0 Å². The third kappa shape index (κ3) is 3.93. The Hall–Kier alpha value is -2.27. The van der Waals surface area contributed by atoms with Crippen LogP contribution in [0.3, 0.4) is 0 Å². The second-order valence-corrected chi connectivity index (χ2v) is 7.11. The molecular formula is C18H17O4S+. The highest BCUT2D eigenvalue weighted by Gasteiger charge is 2.34. The van der Waals surface area contributed by atoms with Gasteiger partial charge >= 0.3 is 11.9 Å². The molecule has 0 amide bonds. The maximum Gasteiger partial charge on any atom is 0.358 e. The quantitative estimate of drug-likeness (QED) is 0.625. The minimum atomic E-state index is -0.750. The molecule has 1 atom stereocenters. The van der Waals surface area contributed by atoms with Crippen molar-refractivity contribution in [1.82, 2.24) is 0 Å². The Morgan fingerprint density at radius 3 is 2.09 bits per heavy atom. The minimum absolute atomic E-state index is 0.220. The highest BCUT2D eigenvalue weighted by molar-refractivity contribution is 7.97. The summed E-state index contributed by atoms with van der Waals surface area (Å²) in [7, 11) is -0.419. The van der Waals surface area contributed by atoms with Crippen LogP contribution in [0.2, 0.25) is 0 Å². The first-order valence-electron chi connectivity index (χ1n) is 7.41. The van der Waals surface area contributed by atoms with Crippen LogP contribution >= 0.6 is 0 Å². The number of cyclic esters (lactones) is 1. The lowest BCUT2D eigenvalue weighted by atomic mass is 10.3. The molecule has 3 rings (SSSR count). The van der Waals surface area contributed by atoms with Crippen molar-refractivity contribution in [3.8, 4) is 0 Å². The van der Waals surface area contributed by atoms with Crippen LogP contribution in [0.5, 0.6) is 0 Å². The third-order valence-electron chi connectivity index (χ3n) is 3.48. The molecule has 1 saturated heterocycles. The molecular weight excluding hydrogens is 312 g/mol. The fraction of sp³-hybridized carbons (Fsp3) is 0.222. The van der Waals surface area contributed by atoms with Gasteiger partial charge in [0.15, 0.2) is 9.79 Å². The van der Waals surface area contributed by atoms with E-state index in [1.165, 1.54) is 0 Å². The average Bonchev–Trinajstić information content (AvgIpc) is 2.99. The molecule has 1 aliphatic heterocycles. The Morgan fingerprint density at radius 2 is 1.61 bits per heavy atom. The van der Waals surface area contributed by atoms with Gasteiger partial charge in [-0.1, -0.05) is 36.4 Å². The Kier molecular flexibility index (Phi) is 4.98. The van der Waals surface area contributed by atoms with Gasteiger partial charge in [0, 0.05) is 6.42 Å². The second kappa shape index (κ2) is 7.33. The molecule has 23 heavy (non-hydrogen) atoms. The zero-order valence-corrected chi connectivity index (χ0v) is 13.3. The van der Waals surface area contributed by atoms with E-state index in [0.29, 0.717) is 13.0 Å². The summed E-state index contributed by atoms with van der Waals surface area (Å²) in [6.07, 6.45) is -0.311. The summed E-state index contributed by atoms with van der Waals surface area (Å²) in [6, 6.07) is 19.7. The molecule has 0 aliphatic carbocycles. The van der Waals surface area contributed by atoms with Gasteiger partial charge in [-0.15, -0.1) is 0 Å². The van der Waals surface area contributed by atoms with Gasteiger partial charge in [0.1, 0.15) is 0 Å². The number of hydrogen-bond donors (Lipinski definition) is 0. The van der Waals surface area contributed by atoms with Crippen LogP contribution in [0, 0.1) is 0 Å². The summed E-state index contributed by atoms with van der Waals surface area (Å²) in [6.45, 7) is 0.319. The van der Waals surface area contributed by atoms with Crippen LogP contribution in [0.1, 0.15) is 6.42 Å². The molecule has 5 heteroatoms. The van der Waals surface area contributed by atoms with E-state index < -0.39 is 23.0 Å². The highest BCUT2D eigenvalue weighted by atomic mass is 32.2. The number of rotatable bonds is 5. The molecule has 1 fully saturated rings. The molecule has 1 aliphatic rings. The molecule has 118 valence electrons. The molecule has 0 radical (unpaired) electrons. The predicted octanol–water partition coefficient (Wildman–Crippen LogP) is 2.58. The summed E-state index contributed by atoms with van der Waals surface area (Å²) >= 11 is 0. The molecule has 0 spiro atoms. The minimum Gasteiger partial charge on any atom is -0.463 e. The first kappa shape index (κ1) is 15.6. The molecule has 0 aromatic heterocycles. The monoisotopic (exact) mass is 329 g/mol. The Bertz CT molecular complexity index is 632. The van der Waals surface area contributed by atoms with Gasteiger partial charge in [-0.3, -0.25) is 0 Å². The molecule has 1 heterocycles. The lowest BCUT2D eigenvalue weighted by molar-refractivity contribution is -0.158. The summed E-state index contributed by atoms with van der Waals surface area (Å²) in [4.78, 5) is 25.9. The third-order valence-corrected chi connectivity index (χ3v) is 5.69. The number of hydrogen-bond acceptors (Lipinski definition) is 4. The molecule has 0 N–H and O–H groups in total. The topological polar surface area (TPSA) is 52.6 Å². The SMILES string of the molecule is O=C(C[S+](c1ccccc1)c1ccccc1)OC1CCOC1=O. The molecule has 1 unspecified atom stereocenters. The average molecular weight is 329 g/mol. The zero-order chi connectivity index (χ0) is 16.1. The molecule has 4 nitrogen and oxygen atoms in total. The fourth-order valence-electron chi connectivity index (χ4n) is 2.37. The standard InChI is InChI=1S/C18H17O4S/c19-17(22-16-11-12-21-18(16)20)13-23(14-7-3-1-4-8-14)15-9-5-2-6-10-15/h1-10,16H,11-13H2/q+1. The van der Waals surface area contributed by atoms with Crippen molar-refractivity contribution in [1.29, 1.82) is 0 Å². The van der Waals surface area contributed by atoms with Crippen LogP contribution in [-0.4, -0.2) is 30.4 Å². The summed E-state index contributed by atoms with van der Waals surface area (Å²) in [5.74, 6) is -0.597. The van der Waals surface area contributed by atoms with Crippen molar-refractivity contribution in [2.24, 2.45) is 0 Å². The molecule has 0 saturated carbocycles. The number of esters is 2. The maximum atomic E-state index is 12.3. The summed E-state index contributed by atoms with van der Waals surface area (Å²) in [5.41, 5.74) is 0. The Labute approximate surface area is 137 Å². The highest BCUT2D eigenvalue weighted by Crippen LogP contribution is 2.24. The van der Waals surface area contributed by atoms with Gasteiger partial charge in [-0.2, -0.15) is 0 Å².